The molecule has 0 radical (unpaired) electrons. The van der Waals surface area contributed by atoms with Gasteiger partial charge in [0.05, 0.1) is 0 Å². The summed E-state index contributed by atoms with van der Waals surface area (Å²) in [6, 6.07) is 14.7. The van der Waals surface area contributed by atoms with Gasteiger partial charge in [-0.3, -0.25) is 0 Å². The van der Waals surface area contributed by atoms with Gasteiger partial charge >= 0.3 is 0 Å². The Morgan fingerprint density at radius 1 is 1.24 bits per heavy atom. The Hall–Kier alpha value is -1.32. The predicted molar refractivity (Wildman–Crippen MR) is 89.5 cm³/mol. The van der Waals surface area contributed by atoms with Gasteiger partial charge in [0.25, 0.3) is 0 Å². The summed E-state index contributed by atoms with van der Waals surface area (Å²) in [6.45, 7) is 2.19. The molecule has 0 aromatic heterocycles. The van der Waals surface area contributed by atoms with E-state index in [1.54, 1.807) is 6.07 Å². The van der Waals surface area contributed by atoms with Crippen LogP contribution in [0.1, 0.15) is 48.5 Å². The summed E-state index contributed by atoms with van der Waals surface area (Å²) >= 11 is 3.63. The minimum Gasteiger partial charge on any atom is -0.508 e. The van der Waals surface area contributed by atoms with Crippen molar-refractivity contribution in [1.82, 2.24) is 5.32 Å². The molecule has 2 nitrogen and oxygen atoms in total. The van der Waals surface area contributed by atoms with E-state index in [0.29, 0.717) is 11.8 Å². The maximum Gasteiger partial charge on any atom is 0.115 e. The van der Waals surface area contributed by atoms with Crippen molar-refractivity contribution >= 4 is 15.9 Å². The van der Waals surface area contributed by atoms with Crippen LogP contribution in [0.3, 0.4) is 0 Å². The van der Waals surface area contributed by atoms with Gasteiger partial charge in [-0.15, -0.1) is 0 Å². The normalized spacial score (nSPS) is 19.0. The Morgan fingerprint density at radius 2 is 2.05 bits per heavy atom. The van der Waals surface area contributed by atoms with E-state index >= 15 is 0 Å². The average Bonchev–Trinajstić information content (AvgIpc) is 2.48. The highest BCUT2D eigenvalue weighted by Crippen LogP contribution is 2.34. The quantitative estimate of drug-likeness (QED) is 0.830. The number of hydrogen-bond acceptors (Lipinski definition) is 2. The smallest absolute Gasteiger partial charge is 0.115 e. The van der Waals surface area contributed by atoms with E-state index in [9.17, 15) is 5.11 Å². The monoisotopic (exact) mass is 345 g/mol. The molecule has 2 aromatic carbocycles. The second-order valence-corrected chi connectivity index (χ2v) is 6.59. The molecule has 3 rings (SSSR count). The lowest BCUT2D eigenvalue weighted by molar-refractivity contribution is 0.410. The molecule has 0 heterocycles. The number of halogens is 1. The molecule has 21 heavy (non-hydrogen) atoms. The molecule has 0 bridgehead atoms. The van der Waals surface area contributed by atoms with E-state index in [0.717, 1.165) is 17.3 Å². The van der Waals surface area contributed by atoms with Crippen molar-refractivity contribution in [2.24, 2.45) is 0 Å². The number of rotatable bonds is 3. The predicted octanol–water partition coefficient (Wildman–Crippen LogP) is 4.88. The number of phenols is 1. The van der Waals surface area contributed by atoms with Gasteiger partial charge < -0.3 is 10.4 Å². The summed E-state index contributed by atoms with van der Waals surface area (Å²) in [4.78, 5) is 0. The zero-order valence-corrected chi connectivity index (χ0v) is 13.7. The fourth-order valence-electron chi connectivity index (χ4n) is 3.18. The van der Waals surface area contributed by atoms with Crippen molar-refractivity contribution < 1.29 is 5.11 Å². The Labute approximate surface area is 134 Å². The maximum absolute atomic E-state index is 9.77. The largest absolute Gasteiger partial charge is 0.508 e. The van der Waals surface area contributed by atoms with E-state index in [-0.39, 0.29) is 6.04 Å². The molecule has 1 unspecified atom stereocenters. The SMILES string of the molecule is C[C@@H](NC1CCCc2ccc(O)cc21)c1ccccc1Br. The Balaban J connectivity index is 1.83. The Bertz CT molecular complexity index is 641. The lowest BCUT2D eigenvalue weighted by atomic mass is 9.87. The summed E-state index contributed by atoms with van der Waals surface area (Å²) in [5, 5.41) is 13.5. The first-order valence-corrected chi connectivity index (χ1v) is 8.26. The van der Waals surface area contributed by atoms with E-state index in [4.69, 9.17) is 0 Å². The molecular formula is C18H20BrNO. The van der Waals surface area contributed by atoms with Crippen LogP contribution >= 0.6 is 15.9 Å². The van der Waals surface area contributed by atoms with Gasteiger partial charge in [0.15, 0.2) is 0 Å². The van der Waals surface area contributed by atoms with E-state index in [2.05, 4.69) is 52.4 Å². The third-order valence-electron chi connectivity index (χ3n) is 4.27. The van der Waals surface area contributed by atoms with Gasteiger partial charge in [0, 0.05) is 16.6 Å². The highest BCUT2D eigenvalue weighted by atomic mass is 79.9. The number of aromatic hydroxyl groups is 1. The molecule has 0 amide bonds. The van der Waals surface area contributed by atoms with Gasteiger partial charge in [0.2, 0.25) is 0 Å². The van der Waals surface area contributed by atoms with Crippen molar-refractivity contribution in [2.45, 2.75) is 38.3 Å². The summed E-state index contributed by atoms with van der Waals surface area (Å²) < 4.78 is 1.14. The highest BCUT2D eigenvalue weighted by molar-refractivity contribution is 9.10. The van der Waals surface area contributed by atoms with Crippen molar-refractivity contribution in [3.05, 3.63) is 63.6 Å². The van der Waals surface area contributed by atoms with Gasteiger partial charge in [-0.05, 0) is 61.1 Å². The minimum absolute atomic E-state index is 0.263. The fraction of sp³-hybridized carbons (Fsp3) is 0.333. The van der Waals surface area contributed by atoms with Crippen LogP contribution in [0.5, 0.6) is 5.75 Å². The molecule has 0 aliphatic heterocycles. The Morgan fingerprint density at radius 3 is 2.86 bits per heavy atom. The van der Waals surface area contributed by atoms with Crippen LogP contribution in [-0.2, 0) is 6.42 Å². The third kappa shape index (κ3) is 3.14. The Kier molecular flexibility index (Phi) is 4.32. The number of hydrogen-bond donors (Lipinski definition) is 2. The van der Waals surface area contributed by atoms with Crippen LogP contribution in [0.15, 0.2) is 46.9 Å². The second kappa shape index (κ2) is 6.20. The highest BCUT2D eigenvalue weighted by Gasteiger charge is 2.22. The van der Waals surface area contributed by atoms with E-state index < -0.39 is 0 Å². The molecule has 2 aromatic rings. The van der Waals surface area contributed by atoms with Crippen LogP contribution < -0.4 is 5.32 Å². The summed E-state index contributed by atoms with van der Waals surface area (Å²) in [5.74, 6) is 0.357. The first-order valence-electron chi connectivity index (χ1n) is 7.47. The molecule has 3 heteroatoms. The van der Waals surface area contributed by atoms with Gasteiger partial charge in [-0.2, -0.15) is 0 Å². The number of aryl methyl sites for hydroxylation is 1. The lowest BCUT2D eigenvalue weighted by Crippen LogP contribution is -2.28. The third-order valence-corrected chi connectivity index (χ3v) is 4.99. The first-order chi connectivity index (χ1) is 10.1. The fourth-order valence-corrected chi connectivity index (χ4v) is 3.81. The van der Waals surface area contributed by atoms with Crippen LogP contribution in [0.2, 0.25) is 0 Å². The van der Waals surface area contributed by atoms with E-state index in [1.807, 2.05) is 12.1 Å². The standard InChI is InChI=1S/C18H20BrNO/c1-12(15-6-2-3-7-17(15)19)20-18-8-4-5-13-9-10-14(21)11-16(13)18/h2-3,6-7,9-12,18,20-21H,4-5,8H2,1H3/t12-,18?/m1/s1. The molecular weight excluding hydrogens is 326 g/mol. The number of nitrogens with one attached hydrogen (secondary N) is 1. The van der Waals surface area contributed by atoms with Gasteiger partial charge in [0.1, 0.15) is 5.75 Å². The molecule has 2 atom stereocenters. The molecule has 0 saturated heterocycles. The van der Waals surface area contributed by atoms with Gasteiger partial charge in [-0.25, -0.2) is 0 Å². The summed E-state index contributed by atoms with van der Waals surface area (Å²) in [6.07, 6.45) is 3.42. The molecule has 1 aliphatic carbocycles. The second-order valence-electron chi connectivity index (χ2n) is 5.74. The lowest BCUT2D eigenvalue weighted by Gasteiger charge is -2.30. The number of fused-ring (bicyclic) bond motifs is 1. The summed E-state index contributed by atoms with van der Waals surface area (Å²) in [7, 11) is 0. The van der Waals surface area contributed by atoms with Crippen molar-refractivity contribution in [2.75, 3.05) is 0 Å². The zero-order valence-electron chi connectivity index (χ0n) is 12.1. The molecule has 0 saturated carbocycles. The van der Waals surface area contributed by atoms with Crippen molar-refractivity contribution in [3.8, 4) is 5.75 Å². The van der Waals surface area contributed by atoms with Gasteiger partial charge in [-0.1, -0.05) is 40.2 Å². The van der Waals surface area contributed by atoms with E-state index in [1.165, 1.54) is 23.1 Å². The van der Waals surface area contributed by atoms with Crippen LogP contribution in [0.25, 0.3) is 0 Å². The zero-order chi connectivity index (χ0) is 14.8. The van der Waals surface area contributed by atoms with Crippen LogP contribution in [0.4, 0.5) is 0 Å². The molecule has 2 N–H and O–H groups in total. The maximum atomic E-state index is 9.77. The number of phenolic OH excluding ortho intramolecular Hbond substituents is 1. The minimum atomic E-state index is 0.263. The topological polar surface area (TPSA) is 32.3 Å². The molecule has 1 aliphatic rings. The average molecular weight is 346 g/mol. The van der Waals surface area contributed by atoms with Crippen LogP contribution in [-0.4, -0.2) is 5.11 Å². The first kappa shape index (κ1) is 14.6. The van der Waals surface area contributed by atoms with Crippen molar-refractivity contribution in [3.63, 3.8) is 0 Å². The van der Waals surface area contributed by atoms with Crippen LogP contribution in [0, 0.1) is 0 Å². The summed E-state index contributed by atoms with van der Waals surface area (Å²) in [5.41, 5.74) is 3.88. The number of benzene rings is 2. The molecule has 110 valence electrons. The molecule has 0 fully saturated rings. The van der Waals surface area contributed by atoms with Crippen molar-refractivity contribution in [1.29, 1.82) is 0 Å². The molecule has 0 spiro atoms.